The third-order valence-electron chi connectivity index (χ3n) is 2.69. The van der Waals surface area contributed by atoms with Gasteiger partial charge in [0.25, 0.3) is 0 Å². The molecule has 1 aromatic rings. The van der Waals surface area contributed by atoms with Crippen LogP contribution in [-0.4, -0.2) is 32.1 Å². The van der Waals surface area contributed by atoms with Crippen molar-refractivity contribution in [3.05, 3.63) is 34.1 Å². The van der Waals surface area contributed by atoms with Crippen LogP contribution < -0.4 is 5.32 Å². The van der Waals surface area contributed by atoms with E-state index in [0.29, 0.717) is 11.0 Å². The molecule has 0 fully saturated rings. The van der Waals surface area contributed by atoms with Crippen LogP contribution in [0.4, 0.5) is 4.39 Å². The Morgan fingerprint density at radius 1 is 1.33 bits per heavy atom. The zero-order valence-corrected chi connectivity index (χ0v) is 13.1. The van der Waals surface area contributed by atoms with Gasteiger partial charge in [-0.1, -0.05) is 26.0 Å². The summed E-state index contributed by atoms with van der Waals surface area (Å²) >= 11 is 3.28. The summed E-state index contributed by atoms with van der Waals surface area (Å²) in [5.41, 5.74) is 1.15. The summed E-state index contributed by atoms with van der Waals surface area (Å²) in [6.07, 6.45) is 0. The zero-order chi connectivity index (χ0) is 13.8. The Morgan fingerprint density at radius 3 is 2.61 bits per heavy atom. The van der Waals surface area contributed by atoms with Crippen molar-refractivity contribution in [3.63, 3.8) is 0 Å². The maximum atomic E-state index is 13.3. The lowest BCUT2D eigenvalue weighted by molar-refractivity contribution is 0.232. The molecule has 0 bridgehead atoms. The summed E-state index contributed by atoms with van der Waals surface area (Å²) in [5, 5.41) is 3.39. The van der Waals surface area contributed by atoms with Crippen LogP contribution in [0.15, 0.2) is 22.7 Å². The summed E-state index contributed by atoms with van der Waals surface area (Å²) in [6.45, 7) is 7.04. The fraction of sp³-hybridized carbons (Fsp3) is 0.571. The molecule has 0 radical (unpaired) electrons. The fourth-order valence-corrected chi connectivity index (χ4v) is 2.54. The van der Waals surface area contributed by atoms with E-state index in [2.05, 4.69) is 54.1 Å². The minimum absolute atomic E-state index is 0.198. The van der Waals surface area contributed by atoms with E-state index in [1.54, 1.807) is 6.07 Å². The fourth-order valence-electron chi connectivity index (χ4n) is 2.13. The van der Waals surface area contributed by atoms with Gasteiger partial charge in [0.2, 0.25) is 0 Å². The summed E-state index contributed by atoms with van der Waals surface area (Å²) in [5.74, 6) is -0.207. The second-order valence-corrected chi connectivity index (χ2v) is 6.51. The van der Waals surface area contributed by atoms with Crippen LogP contribution in [0.5, 0.6) is 0 Å². The van der Waals surface area contributed by atoms with E-state index in [0.717, 1.165) is 18.7 Å². The number of nitrogens with one attached hydrogen (secondary N) is 1. The monoisotopic (exact) mass is 316 g/mol. The molecule has 4 heteroatoms. The molecule has 1 aromatic carbocycles. The van der Waals surface area contributed by atoms with Crippen LogP contribution in [0.2, 0.25) is 0 Å². The average molecular weight is 317 g/mol. The third kappa shape index (κ3) is 5.04. The molecule has 0 unspecified atom stereocenters. The van der Waals surface area contributed by atoms with Crippen molar-refractivity contribution >= 4 is 15.9 Å². The van der Waals surface area contributed by atoms with Crippen LogP contribution in [0.1, 0.15) is 19.4 Å². The summed E-state index contributed by atoms with van der Waals surface area (Å²) in [4.78, 5) is 2.18. The van der Waals surface area contributed by atoms with Crippen LogP contribution in [0.3, 0.4) is 0 Å². The van der Waals surface area contributed by atoms with Gasteiger partial charge in [-0.2, -0.15) is 0 Å². The van der Waals surface area contributed by atoms with Crippen LogP contribution in [0, 0.1) is 11.2 Å². The Morgan fingerprint density at radius 2 is 2.00 bits per heavy atom. The Bertz CT molecular complexity index is 391. The molecule has 0 atom stereocenters. The summed E-state index contributed by atoms with van der Waals surface area (Å²) in [6, 6.07) is 5.13. The average Bonchev–Trinajstić information content (AvgIpc) is 2.22. The van der Waals surface area contributed by atoms with Crippen molar-refractivity contribution in [3.8, 4) is 0 Å². The Hall–Kier alpha value is -0.450. The first-order valence-electron chi connectivity index (χ1n) is 6.10. The molecule has 1 N–H and O–H groups in total. The summed E-state index contributed by atoms with van der Waals surface area (Å²) in [7, 11) is 4.15. The van der Waals surface area contributed by atoms with Gasteiger partial charge in [0.05, 0.1) is 4.47 Å². The predicted octanol–water partition coefficient (Wildman–Crippen LogP) is 3.27. The first-order chi connectivity index (χ1) is 8.32. The van der Waals surface area contributed by atoms with Gasteiger partial charge in [0, 0.05) is 19.6 Å². The quantitative estimate of drug-likeness (QED) is 0.866. The van der Waals surface area contributed by atoms with Gasteiger partial charge >= 0.3 is 0 Å². The number of hydrogen-bond donors (Lipinski definition) is 1. The second kappa shape index (κ2) is 6.64. The molecule has 0 aliphatic carbocycles. The normalized spacial score (nSPS) is 12.2. The standard InChI is InChI=1S/C14H22BrFN2/c1-14(2,10-18(3)4)9-17-8-11-6-5-7-12(16)13(11)15/h5-7,17H,8-10H2,1-4H3. The Balaban J connectivity index is 2.49. The van der Waals surface area contributed by atoms with E-state index in [9.17, 15) is 4.39 Å². The molecule has 18 heavy (non-hydrogen) atoms. The second-order valence-electron chi connectivity index (χ2n) is 5.72. The smallest absolute Gasteiger partial charge is 0.137 e. The third-order valence-corrected chi connectivity index (χ3v) is 3.58. The van der Waals surface area contributed by atoms with Crippen LogP contribution in [0.25, 0.3) is 0 Å². The maximum Gasteiger partial charge on any atom is 0.137 e. The highest BCUT2D eigenvalue weighted by molar-refractivity contribution is 9.10. The number of hydrogen-bond acceptors (Lipinski definition) is 2. The number of benzene rings is 1. The van der Waals surface area contributed by atoms with Gasteiger partial charge in [-0.15, -0.1) is 0 Å². The SMILES string of the molecule is CN(C)CC(C)(C)CNCc1cccc(F)c1Br. The molecular weight excluding hydrogens is 295 g/mol. The van der Waals surface area contributed by atoms with Crippen molar-refractivity contribution in [2.24, 2.45) is 5.41 Å². The minimum atomic E-state index is -0.207. The molecule has 0 saturated heterocycles. The number of nitrogens with zero attached hydrogens (tertiary/aromatic N) is 1. The first kappa shape index (κ1) is 15.6. The Kier molecular flexibility index (Phi) is 5.76. The predicted molar refractivity (Wildman–Crippen MR) is 78.1 cm³/mol. The number of rotatable bonds is 6. The van der Waals surface area contributed by atoms with Gasteiger partial charge < -0.3 is 10.2 Å². The lowest BCUT2D eigenvalue weighted by Crippen LogP contribution is -2.37. The van der Waals surface area contributed by atoms with Gasteiger partial charge in [-0.3, -0.25) is 0 Å². The molecule has 0 heterocycles. The molecular formula is C14H22BrFN2. The highest BCUT2D eigenvalue weighted by Gasteiger charge is 2.18. The van der Waals surface area contributed by atoms with Crippen molar-refractivity contribution in [2.45, 2.75) is 20.4 Å². The van der Waals surface area contributed by atoms with Crippen LogP contribution in [-0.2, 0) is 6.54 Å². The molecule has 0 aliphatic heterocycles. The lowest BCUT2D eigenvalue weighted by atomic mass is 9.93. The molecule has 2 nitrogen and oxygen atoms in total. The molecule has 0 aliphatic rings. The largest absolute Gasteiger partial charge is 0.312 e. The molecule has 0 saturated carbocycles. The van der Waals surface area contributed by atoms with Crippen molar-refractivity contribution in [2.75, 3.05) is 27.2 Å². The van der Waals surface area contributed by atoms with E-state index in [1.165, 1.54) is 6.07 Å². The summed E-state index contributed by atoms with van der Waals surface area (Å²) < 4.78 is 13.9. The highest BCUT2D eigenvalue weighted by Crippen LogP contribution is 2.21. The van der Waals surface area contributed by atoms with Gasteiger partial charge in [-0.25, -0.2) is 4.39 Å². The van der Waals surface area contributed by atoms with Gasteiger partial charge in [0.1, 0.15) is 5.82 Å². The van der Waals surface area contributed by atoms with Crippen LogP contribution >= 0.6 is 15.9 Å². The maximum absolute atomic E-state index is 13.3. The minimum Gasteiger partial charge on any atom is -0.312 e. The van der Waals surface area contributed by atoms with Gasteiger partial charge in [0.15, 0.2) is 0 Å². The van der Waals surface area contributed by atoms with E-state index in [4.69, 9.17) is 0 Å². The first-order valence-corrected chi connectivity index (χ1v) is 6.89. The lowest BCUT2D eigenvalue weighted by Gasteiger charge is -2.28. The zero-order valence-electron chi connectivity index (χ0n) is 11.6. The molecule has 1 rings (SSSR count). The molecule has 0 aromatic heterocycles. The van der Waals surface area contributed by atoms with Crippen molar-refractivity contribution in [1.82, 2.24) is 10.2 Å². The molecule has 0 amide bonds. The Labute approximate surface area is 118 Å². The number of halogens is 2. The van der Waals surface area contributed by atoms with E-state index in [1.807, 2.05) is 6.07 Å². The molecule has 102 valence electrons. The van der Waals surface area contributed by atoms with Crippen molar-refractivity contribution < 1.29 is 4.39 Å². The van der Waals surface area contributed by atoms with Crippen molar-refractivity contribution in [1.29, 1.82) is 0 Å². The van der Waals surface area contributed by atoms with Gasteiger partial charge in [-0.05, 0) is 47.1 Å². The van der Waals surface area contributed by atoms with E-state index < -0.39 is 0 Å². The topological polar surface area (TPSA) is 15.3 Å². The van der Waals surface area contributed by atoms with E-state index >= 15 is 0 Å². The van der Waals surface area contributed by atoms with E-state index in [-0.39, 0.29) is 11.2 Å². The molecule has 0 spiro atoms. The highest BCUT2D eigenvalue weighted by atomic mass is 79.9.